The summed E-state index contributed by atoms with van der Waals surface area (Å²) in [6, 6.07) is 6.93. The van der Waals surface area contributed by atoms with E-state index in [4.69, 9.17) is 9.47 Å². The monoisotopic (exact) mass is 880 g/mol. The van der Waals surface area contributed by atoms with Crippen molar-refractivity contribution in [3.05, 3.63) is 48.0 Å². The minimum Gasteiger partial charge on any atom is -0.471 e. The lowest BCUT2D eigenvalue weighted by atomic mass is 9.92. The molecule has 4 aromatic rings. The molecular formula is C38H49ClF4N12O6. The summed E-state index contributed by atoms with van der Waals surface area (Å²) in [6.45, 7) is 6.09. The first-order valence-corrected chi connectivity index (χ1v) is 20.2. The topological polar surface area (TPSA) is 198 Å². The molecule has 18 nitrogen and oxygen atoms in total. The number of halogens is 5. The van der Waals surface area contributed by atoms with Crippen molar-refractivity contribution < 1.29 is 46.1 Å². The van der Waals surface area contributed by atoms with E-state index in [1.165, 1.54) is 23.8 Å². The highest BCUT2D eigenvalue weighted by Gasteiger charge is 2.37. The van der Waals surface area contributed by atoms with E-state index in [2.05, 4.69) is 67.2 Å². The number of anilines is 2. The van der Waals surface area contributed by atoms with Crippen LogP contribution in [0, 0.1) is 13.8 Å². The Labute approximate surface area is 354 Å². The van der Waals surface area contributed by atoms with Gasteiger partial charge in [-0.05, 0) is 51.7 Å². The largest absolute Gasteiger partial charge is 0.471 e. The Morgan fingerprint density at radius 2 is 1.15 bits per heavy atom. The number of nitrogens with one attached hydrogen (secondary N) is 3. The first kappa shape index (κ1) is 45.0. The molecule has 4 aliphatic rings. The number of amides is 1. The molecule has 6 heterocycles. The molecule has 0 radical (unpaired) electrons. The number of rotatable bonds is 10. The van der Waals surface area contributed by atoms with Crippen LogP contribution in [0.2, 0.25) is 0 Å². The van der Waals surface area contributed by atoms with E-state index < -0.39 is 23.4 Å². The highest BCUT2D eigenvalue weighted by molar-refractivity contribution is 6.61. The fraction of sp³-hybridized carbons (Fsp3) is 0.579. The molecule has 2 aliphatic carbocycles. The normalized spacial score (nSPS) is 18.8. The van der Waals surface area contributed by atoms with E-state index in [1.807, 2.05) is 26.0 Å². The highest BCUT2D eigenvalue weighted by Crippen LogP contribution is 2.36. The molecule has 0 unspecified atom stereocenters. The first-order valence-electron chi connectivity index (χ1n) is 19.8. The third-order valence-corrected chi connectivity index (χ3v) is 10.3. The van der Waals surface area contributed by atoms with Crippen molar-refractivity contribution in [1.29, 1.82) is 0 Å². The van der Waals surface area contributed by atoms with Gasteiger partial charge in [-0.2, -0.15) is 30.1 Å². The Morgan fingerprint density at radius 3 is 1.49 bits per heavy atom. The Kier molecular flexibility index (Phi) is 14.7. The van der Waals surface area contributed by atoms with Gasteiger partial charge in [0.1, 0.15) is 23.8 Å². The summed E-state index contributed by atoms with van der Waals surface area (Å²) in [6.07, 6.45) is 4.05. The van der Waals surface area contributed by atoms with Gasteiger partial charge in [-0.15, -0.1) is 0 Å². The van der Waals surface area contributed by atoms with E-state index in [9.17, 15) is 27.2 Å². The standard InChI is InChI=1S/C19H24F2N6O3.C17H22F2N6O.C2H3ClO2/c1-12-5-8-27(25-12)17-23-15(22-13-3-6-19(20,21)7-4-13)9-16(24-17)30-14-10-26(11-14)18(28)29-2;1-11-4-7-25(24-11)16-22-14(8-15(23-16)26-13-9-20-10-13)21-12-2-5-17(18,19)6-3-12;1-5-2(3)4/h5,8-9,13-14H,3-4,6-7,10-11H2,1-2H3,(H,22,23,24);4,7-8,12-13,20H,2-3,5-6,9-10H2,1H3,(H,21,22,23);1H3. The number of carbonyl (C=O) groups excluding carboxylic acids is 2. The molecule has 2 saturated carbocycles. The molecule has 2 saturated heterocycles. The number of nitrogens with zero attached hydrogens (tertiary/aromatic N) is 9. The Hall–Kier alpha value is -5.51. The predicted molar refractivity (Wildman–Crippen MR) is 213 cm³/mol. The molecule has 61 heavy (non-hydrogen) atoms. The zero-order chi connectivity index (χ0) is 43.7. The molecule has 3 N–H and O–H groups in total. The van der Waals surface area contributed by atoms with Crippen LogP contribution in [-0.2, 0) is 9.47 Å². The van der Waals surface area contributed by atoms with Crippen LogP contribution in [0.25, 0.3) is 11.9 Å². The number of aromatic nitrogens is 8. The molecule has 8 rings (SSSR count). The molecule has 0 bridgehead atoms. The molecule has 4 fully saturated rings. The maximum atomic E-state index is 13.4. The van der Waals surface area contributed by atoms with Gasteiger partial charge in [0.05, 0.1) is 38.7 Å². The lowest BCUT2D eigenvalue weighted by Gasteiger charge is -2.37. The summed E-state index contributed by atoms with van der Waals surface area (Å²) in [5.74, 6) is -2.59. The van der Waals surface area contributed by atoms with E-state index in [0.717, 1.165) is 24.5 Å². The van der Waals surface area contributed by atoms with Crippen molar-refractivity contribution >= 4 is 34.8 Å². The van der Waals surface area contributed by atoms with E-state index in [0.29, 0.717) is 74.1 Å². The van der Waals surface area contributed by atoms with Gasteiger partial charge in [0, 0.05) is 87.0 Å². The summed E-state index contributed by atoms with van der Waals surface area (Å²) < 4.78 is 77.1. The van der Waals surface area contributed by atoms with Crippen molar-refractivity contribution in [2.75, 3.05) is 51.0 Å². The number of alkyl halides is 4. The van der Waals surface area contributed by atoms with Gasteiger partial charge in [-0.1, -0.05) is 0 Å². The summed E-state index contributed by atoms with van der Waals surface area (Å²) >= 11 is 4.60. The molecule has 0 spiro atoms. The molecule has 0 atom stereocenters. The van der Waals surface area contributed by atoms with Gasteiger partial charge in [-0.25, -0.2) is 36.5 Å². The number of hydrogen-bond donors (Lipinski definition) is 3. The summed E-state index contributed by atoms with van der Waals surface area (Å²) in [5, 5.41) is 18.3. The third kappa shape index (κ3) is 13.2. The number of carbonyl (C=O) groups is 2. The molecule has 23 heteroatoms. The Morgan fingerprint density at radius 1 is 0.721 bits per heavy atom. The van der Waals surface area contributed by atoms with Gasteiger partial charge in [0.25, 0.3) is 11.9 Å². The number of aryl methyl sites for hydroxylation is 2. The van der Waals surface area contributed by atoms with Gasteiger partial charge in [0.2, 0.25) is 23.6 Å². The van der Waals surface area contributed by atoms with Gasteiger partial charge in [-0.3, -0.25) is 0 Å². The summed E-state index contributed by atoms with van der Waals surface area (Å²) in [4.78, 5) is 40.2. The summed E-state index contributed by atoms with van der Waals surface area (Å²) in [7, 11) is 2.55. The molecule has 332 valence electrons. The third-order valence-electron chi connectivity index (χ3n) is 10.1. The first-order chi connectivity index (χ1) is 29.0. The van der Waals surface area contributed by atoms with Crippen LogP contribution in [-0.4, -0.2) is 132 Å². The average Bonchev–Trinajstić information content (AvgIpc) is 3.84. The molecular weight excluding hydrogens is 832 g/mol. The number of likely N-dealkylation sites (tertiary alicyclic amines) is 1. The molecule has 1 amide bonds. The van der Waals surface area contributed by atoms with Crippen LogP contribution in [0.5, 0.6) is 11.8 Å². The minimum atomic E-state index is -2.59. The lowest BCUT2D eigenvalue weighted by molar-refractivity contribution is -0.0366. The second-order valence-electron chi connectivity index (χ2n) is 15.1. The lowest BCUT2D eigenvalue weighted by Crippen LogP contribution is -2.56. The van der Waals surface area contributed by atoms with E-state index in [1.54, 1.807) is 29.2 Å². The van der Waals surface area contributed by atoms with Crippen molar-refractivity contribution in [3.63, 3.8) is 0 Å². The van der Waals surface area contributed by atoms with Crippen LogP contribution >= 0.6 is 11.6 Å². The van der Waals surface area contributed by atoms with Gasteiger partial charge in [0.15, 0.2) is 0 Å². The average molecular weight is 881 g/mol. The maximum absolute atomic E-state index is 13.4. The second kappa shape index (κ2) is 19.9. The van der Waals surface area contributed by atoms with E-state index in [-0.39, 0.29) is 50.0 Å². The smallest absolute Gasteiger partial charge is 0.409 e. The number of methoxy groups -OCH3 is 2. The zero-order valence-corrected chi connectivity index (χ0v) is 34.9. The summed E-state index contributed by atoms with van der Waals surface area (Å²) in [5.41, 5.74) is 0.888. The SMILES string of the molecule is COC(=O)Cl.COC(=O)N1CC(Oc2cc(NC3CCC(F)(F)CC3)nc(-n3ccc(C)n3)n2)C1.Cc1ccn(-c2nc(NC3CCC(F)(F)CC3)cc(OC3CNC3)n2)n1. The second-order valence-corrected chi connectivity index (χ2v) is 15.4. The van der Waals surface area contributed by atoms with Gasteiger partial charge >= 0.3 is 11.5 Å². The van der Waals surface area contributed by atoms with Crippen LogP contribution in [0.4, 0.5) is 38.8 Å². The van der Waals surface area contributed by atoms with Crippen LogP contribution in [0.15, 0.2) is 36.7 Å². The number of ether oxygens (including phenoxy) is 4. The van der Waals surface area contributed by atoms with Crippen LogP contribution in [0.1, 0.15) is 62.8 Å². The molecule has 0 aromatic carbocycles. The molecule has 4 aromatic heterocycles. The number of hydrogen-bond acceptors (Lipinski definition) is 15. The van der Waals surface area contributed by atoms with Crippen molar-refractivity contribution in [1.82, 2.24) is 49.7 Å². The fourth-order valence-electron chi connectivity index (χ4n) is 6.62. The quantitative estimate of drug-likeness (QED) is 0.122. The Balaban J connectivity index is 0.000000185. The van der Waals surface area contributed by atoms with Crippen LogP contribution < -0.4 is 25.4 Å². The van der Waals surface area contributed by atoms with Gasteiger partial charge < -0.3 is 39.8 Å². The van der Waals surface area contributed by atoms with Crippen LogP contribution in [0.3, 0.4) is 0 Å². The fourth-order valence-corrected chi connectivity index (χ4v) is 6.62. The van der Waals surface area contributed by atoms with E-state index >= 15 is 0 Å². The zero-order valence-electron chi connectivity index (χ0n) is 34.1. The van der Waals surface area contributed by atoms with Crippen molar-refractivity contribution in [3.8, 4) is 23.7 Å². The predicted octanol–water partition coefficient (Wildman–Crippen LogP) is 6.09. The van der Waals surface area contributed by atoms with Crippen molar-refractivity contribution in [2.24, 2.45) is 0 Å². The minimum absolute atomic E-state index is 0.0325. The Bertz CT molecular complexity index is 2080. The van der Waals surface area contributed by atoms with Crippen molar-refractivity contribution in [2.45, 2.75) is 101 Å². The highest BCUT2D eigenvalue weighted by atomic mass is 35.5. The maximum Gasteiger partial charge on any atom is 0.409 e. The molecule has 2 aliphatic heterocycles.